The lowest BCUT2D eigenvalue weighted by Gasteiger charge is -2.72. The van der Waals surface area contributed by atoms with Crippen molar-refractivity contribution in [3.05, 3.63) is 29.4 Å². The summed E-state index contributed by atoms with van der Waals surface area (Å²) in [6.07, 6.45) is 12.0. The highest BCUT2D eigenvalue weighted by Crippen LogP contribution is 2.75. The second-order valence-corrected chi connectivity index (χ2v) is 16.0. The number of nitrogens with zero attached hydrogens (tertiary/aromatic N) is 2. The molecule has 0 saturated heterocycles. The number of hydrogen-bond acceptors (Lipinski definition) is 4. The lowest BCUT2D eigenvalue weighted by atomic mass is 9.33. The molecule has 4 saturated carbocycles. The first-order chi connectivity index (χ1) is 18.6. The van der Waals surface area contributed by atoms with Gasteiger partial charge in [0.25, 0.3) is 5.91 Å². The van der Waals surface area contributed by atoms with E-state index < -0.39 is 5.54 Å². The number of fused-ring (bicyclic) bond motifs is 7. The topological polar surface area (TPSA) is 84.2 Å². The number of aliphatic hydroxyl groups excluding tert-OH is 1. The number of imidazole rings is 1. The van der Waals surface area contributed by atoms with E-state index in [4.69, 9.17) is 0 Å². The second kappa shape index (κ2) is 8.78. The molecule has 0 aromatic carbocycles. The van der Waals surface area contributed by atoms with E-state index in [0.717, 1.165) is 50.5 Å². The van der Waals surface area contributed by atoms with E-state index >= 15 is 0 Å². The number of aliphatic hydroxyl groups is 1. The van der Waals surface area contributed by atoms with E-state index in [1.807, 2.05) is 7.05 Å². The number of ketones is 1. The first kappa shape index (κ1) is 28.2. The maximum Gasteiger partial charge on any atom is 0.272 e. The average molecular weight is 550 g/mol. The molecule has 0 spiro atoms. The van der Waals surface area contributed by atoms with Gasteiger partial charge in [0.1, 0.15) is 5.69 Å². The number of amides is 1. The monoisotopic (exact) mass is 549 g/mol. The molecule has 0 radical (unpaired) electrons. The van der Waals surface area contributed by atoms with E-state index in [0.29, 0.717) is 24.0 Å². The molecule has 1 aromatic rings. The van der Waals surface area contributed by atoms with Gasteiger partial charge in [-0.1, -0.05) is 48.5 Å². The Morgan fingerprint density at radius 2 is 1.73 bits per heavy atom. The van der Waals surface area contributed by atoms with Crippen molar-refractivity contribution in [1.29, 1.82) is 0 Å². The molecule has 6 rings (SSSR count). The molecular weight excluding hydrogens is 498 g/mol. The zero-order valence-corrected chi connectivity index (χ0v) is 26.1. The Labute approximate surface area is 240 Å². The predicted molar refractivity (Wildman–Crippen MR) is 156 cm³/mol. The fourth-order valence-corrected chi connectivity index (χ4v) is 11.6. The van der Waals surface area contributed by atoms with Gasteiger partial charge in [-0.3, -0.25) is 9.59 Å². The Morgan fingerprint density at radius 1 is 1.00 bits per heavy atom. The van der Waals surface area contributed by atoms with Crippen molar-refractivity contribution in [2.24, 2.45) is 52.4 Å². The molecule has 8 atom stereocenters. The van der Waals surface area contributed by atoms with Crippen molar-refractivity contribution in [2.45, 2.75) is 118 Å². The molecule has 4 fully saturated rings. The zero-order chi connectivity index (χ0) is 29.0. The number of carbonyl (C=O) groups excluding carboxylic acids is 2. The highest BCUT2D eigenvalue weighted by molar-refractivity contribution is 6.03. The van der Waals surface area contributed by atoms with Crippen LogP contribution in [0, 0.1) is 45.3 Å². The van der Waals surface area contributed by atoms with Crippen LogP contribution in [0.3, 0.4) is 0 Å². The fraction of sp³-hybridized carbons (Fsp3) is 0.794. The van der Waals surface area contributed by atoms with E-state index in [9.17, 15) is 14.7 Å². The number of rotatable bonds is 3. The Bertz CT molecular complexity index is 1280. The first-order valence-electron chi connectivity index (χ1n) is 15.9. The quantitative estimate of drug-likeness (QED) is 0.467. The summed E-state index contributed by atoms with van der Waals surface area (Å²) < 4.78 is 1.80. The van der Waals surface area contributed by atoms with Crippen LogP contribution in [0.15, 0.2) is 23.7 Å². The van der Waals surface area contributed by atoms with Gasteiger partial charge in [0.15, 0.2) is 5.78 Å². The van der Waals surface area contributed by atoms with Crippen LogP contribution in [0.1, 0.15) is 117 Å². The van der Waals surface area contributed by atoms with Gasteiger partial charge in [0, 0.05) is 19.7 Å². The van der Waals surface area contributed by atoms with Gasteiger partial charge >= 0.3 is 0 Å². The Morgan fingerprint density at radius 3 is 2.38 bits per heavy atom. The van der Waals surface area contributed by atoms with Gasteiger partial charge in [-0.25, -0.2) is 4.98 Å². The molecule has 0 unspecified atom stereocenters. The molecule has 5 aliphatic rings. The predicted octanol–water partition coefficient (Wildman–Crippen LogP) is 6.24. The molecular formula is C34H51N3O3. The number of allylic oxidation sites excluding steroid dienone is 1. The van der Waals surface area contributed by atoms with Crippen LogP contribution in [0.25, 0.3) is 0 Å². The smallest absolute Gasteiger partial charge is 0.272 e. The molecule has 0 aliphatic heterocycles. The summed E-state index contributed by atoms with van der Waals surface area (Å²) in [5.41, 5.74) is 2.43. The summed E-state index contributed by atoms with van der Waals surface area (Å²) in [4.78, 5) is 31.6. The van der Waals surface area contributed by atoms with E-state index in [2.05, 4.69) is 58.8 Å². The normalized spacial score (nSPS) is 44.1. The van der Waals surface area contributed by atoms with E-state index in [1.165, 1.54) is 12.0 Å². The maximum atomic E-state index is 13.7. The third-order valence-corrected chi connectivity index (χ3v) is 13.7. The zero-order valence-electron chi connectivity index (χ0n) is 26.1. The van der Waals surface area contributed by atoms with Crippen molar-refractivity contribution >= 4 is 11.7 Å². The van der Waals surface area contributed by atoms with Crippen LogP contribution in [-0.2, 0) is 11.8 Å². The van der Waals surface area contributed by atoms with Crippen LogP contribution >= 0.6 is 0 Å². The molecule has 2 N–H and O–H groups in total. The maximum absolute atomic E-state index is 13.7. The van der Waals surface area contributed by atoms with Gasteiger partial charge in [0.2, 0.25) is 0 Å². The first-order valence-corrected chi connectivity index (χ1v) is 15.9. The summed E-state index contributed by atoms with van der Waals surface area (Å²) in [6.45, 7) is 16.6. The molecule has 220 valence electrons. The minimum absolute atomic E-state index is 0.0589. The number of hydrogen-bond donors (Lipinski definition) is 2. The fourth-order valence-electron chi connectivity index (χ4n) is 11.6. The minimum atomic E-state index is -0.600. The van der Waals surface area contributed by atoms with Crippen LogP contribution < -0.4 is 5.32 Å². The van der Waals surface area contributed by atoms with Gasteiger partial charge < -0.3 is 15.0 Å². The van der Waals surface area contributed by atoms with Crippen molar-refractivity contribution in [3.8, 4) is 0 Å². The van der Waals surface area contributed by atoms with E-state index in [-0.39, 0.29) is 51.3 Å². The highest BCUT2D eigenvalue weighted by atomic mass is 16.3. The van der Waals surface area contributed by atoms with E-state index in [1.54, 1.807) is 17.1 Å². The Hall–Kier alpha value is -1.95. The van der Waals surface area contributed by atoms with Crippen molar-refractivity contribution in [2.75, 3.05) is 0 Å². The van der Waals surface area contributed by atoms with Crippen LogP contribution in [-0.4, -0.2) is 38.0 Å². The van der Waals surface area contributed by atoms with Gasteiger partial charge in [-0.2, -0.15) is 0 Å². The Kier molecular flexibility index (Phi) is 6.19. The van der Waals surface area contributed by atoms with Gasteiger partial charge in [-0.05, 0) is 108 Å². The summed E-state index contributed by atoms with van der Waals surface area (Å²) in [7, 11) is 1.87. The lowest BCUT2D eigenvalue weighted by Crippen LogP contribution is -2.67. The highest BCUT2D eigenvalue weighted by Gasteiger charge is 2.70. The van der Waals surface area contributed by atoms with Crippen LogP contribution in [0.5, 0.6) is 0 Å². The SMILES string of the molecule is CC(C)C1=C2[C@H]3CC[C@@H]4[C@@]5(C)CC[C@H](O)C(C)(C)[C@@H]5CC[C@@]4(C)[C@]3(C)CC[C@@]2(NC(=O)c2cn(C)cn2)CC1=O. The van der Waals surface area contributed by atoms with Crippen molar-refractivity contribution < 1.29 is 14.7 Å². The number of aryl methyl sites for hydroxylation is 1. The van der Waals surface area contributed by atoms with Gasteiger partial charge in [0.05, 0.1) is 18.0 Å². The number of Topliss-reactive ketones (excluding diaryl/α,β-unsaturated/α-hetero) is 1. The molecule has 0 bridgehead atoms. The largest absolute Gasteiger partial charge is 0.393 e. The molecule has 6 nitrogen and oxygen atoms in total. The second-order valence-electron chi connectivity index (χ2n) is 16.0. The number of aromatic nitrogens is 2. The van der Waals surface area contributed by atoms with Crippen LogP contribution in [0.4, 0.5) is 0 Å². The molecule has 1 aromatic heterocycles. The molecule has 40 heavy (non-hydrogen) atoms. The summed E-state index contributed by atoms with van der Waals surface area (Å²) in [6, 6.07) is 0. The molecule has 1 amide bonds. The van der Waals surface area contributed by atoms with Crippen LogP contribution in [0.2, 0.25) is 0 Å². The van der Waals surface area contributed by atoms with Crippen molar-refractivity contribution in [3.63, 3.8) is 0 Å². The third-order valence-electron chi connectivity index (χ3n) is 13.7. The molecule has 6 heteroatoms. The minimum Gasteiger partial charge on any atom is -0.393 e. The van der Waals surface area contributed by atoms with Crippen molar-refractivity contribution in [1.82, 2.24) is 14.9 Å². The molecule has 1 heterocycles. The summed E-state index contributed by atoms with van der Waals surface area (Å²) >= 11 is 0. The van der Waals surface area contributed by atoms with Gasteiger partial charge in [-0.15, -0.1) is 0 Å². The standard InChI is InChI=1S/C34H51N3O3/c1-20(2)27-23(38)17-34(36-29(40)22-18-37(8)19-35-22)16-15-32(6)21(28(27)34)9-10-25-31(5)13-12-26(39)30(3,4)24(31)11-14-33(25,32)7/h18-21,24-26,39H,9-17H2,1-8H3,(H,36,40)/t21-,24+,25-,26+,31+,32-,33-,34-/m1/s1. The Balaban J connectivity index is 1.41. The number of carbonyl (C=O) groups is 2. The number of nitrogens with one attached hydrogen (secondary N) is 1. The third kappa shape index (κ3) is 3.53. The summed E-state index contributed by atoms with van der Waals surface area (Å²) in [5.74, 6) is 1.61. The molecule has 5 aliphatic carbocycles. The average Bonchev–Trinajstić information content (AvgIpc) is 3.43. The summed E-state index contributed by atoms with van der Waals surface area (Å²) in [5, 5.41) is 14.4. The lowest BCUT2D eigenvalue weighted by molar-refractivity contribution is -0.226.